The van der Waals surface area contributed by atoms with E-state index < -0.39 is 0 Å². The largest absolute Gasteiger partial charge is 0.497 e. The van der Waals surface area contributed by atoms with Gasteiger partial charge in [-0.05, 0) is 31.2 Å². The summed E-state index contributed by atoms with van der Waals surface area (Å²) in [6.07, 6.45) is 3.67. The van der Waals surface area contributed by atoms with Crippen LogP contribution in [-0.2, 0) is 13.1 Å². The van der Waals surface area contributed by atoms with Gasteiger partial charge in [0, 0.05) is 25.5 Å². The van der Waals surface area contributed by atoms with Crippen molar-refractivity contribution in [3.63, 3.8) is 0 Å². The molecule has 0 radical (unpaired) electrons. The van der Waals surface area contributed by atoms with Crippen molar-refractivity contribution in [3.05, 3.63) is 52.7 Å². The van der Waals surface area contributed by atoms with Crippen LogP contribution in [0.25, 0.3) is 0 Å². The van der Waals surface area contributed by atoms with E-state index in [9.17, 15) is 4.79 Å². The highest BCUT2D eigenvalue weighted by atomic mass is 16.5. The molecule has 1 aromatic heterocycles. The number of methoxy groups -OCH3 is 1. The lowest BCUT2D eigenvalue weighted by atomic mass is 10.1. The summed E-state index contributed by atoms with van der Waals surface area (Å²) in [4.78, 5) is 12.2. The number of imidazole rings is 1. The Hall–Kier alpha value is -2.01. The Bertz CT molecular complexity index is 630. The number of aromatic nitrogens is 2. The van der Waals surface area contributed by atoms with Crippen LogP contribution in [0.3, 0.4) is 0 Å². The summed E-state index contributed by atoms with van der Waals surface area (Å²) in [6.45, 7) is 6.16. The fourth-order valence-electron chi connectivity index (χ4n) is 2.42. The average molecular weight is 289 g/mol. The quantitative estimate of drug-likeness (QED) is 0.848. The van der Waals surface area contributed by atoms with E-state index in [0.717, 1.165) is 17.9 Å². The van der Waals surface area contributed by atoms with Gasteiger partial charge in [-0.25, -0.2) is 4.79 Å². The lowest BCUT2D eigenvalue weighted by molar-refractivity contribution is 0.410. The van der Waals surface area contributed by atoms with Crippen molar-refractivity contribution in [1.29, 1.82) is 0 Å². The number of hydrogen-bond donors (Lipinski definition) is 1. The molecular formula is C16H23N3O2. The van der Waals surface area contributed by atoms with Gasteiger partial charge in [-0.15, -0.1) is 0 Å². The van der Waals surface area contributed by atoms with Gasteiger partial charge in [-0.3, -0.25) is 9.13 Å². The Labute approximate surface area is 125 Å². The van der Waals surface area contributed by atoms with Crippen LogP contribution in [-0.4, -0.2) is 22.8 Å². The summed E-state index contributed by atoms with van der Waals surface area (Å²) in [5.41, 5.74) is 1.15. The van der Waals surface area contributed by atoms with E-state index in [1.807, 2.05) is 37.5 Å². The average Bonchev–Trinajstić information content (AvgIpc) is 2.87. The molecule has 0 amide bonds. The van der Waals surface area contributed by atoms with Crippen molar-refractivity contribution in [2.75, 3.05) is 13.7 Å². The van der Waals surface area contributed by atoms with Gasteiger partial charge in [-0.2, -0.15) is 0 Å². The highest BCUT2D eigenvalue weighted by molar-refractivity contribution is 5.30. The number of nitrogens with one attached hydrogen (secondary N) is 1. The van der Waals surface area contributed by atoms with Crippen molar-refractivity contribution in [2.24, 2.45) is 0 Å². The van der Waals surface area contributed by atoms with Gasteiger partial charge in [0.2, 0.25) is 0 Å². The zero-order valence-electron chi connectivity index (χ0n) is 12.9. The number of aryl methyl sites for hydroxylation is 1. The third-order valence-corrected chi connectivity index (χ3v) is 3.58. The fraction of sp³-hybridized carbons (Fsp3) is 0.438. The van der Waals surface area contributed by atoms with E-state index in [4.69, 9.17) is 4.74 Å². The maximum Gasteiger partial charge on any atom is 0.328 e. The molecule has 2 aromatic rings. The van der Waals surface area contributed by atoms with E-state index in [2.05, 4.69) is 18.3 Å². The predicted octanol–water partition coefficient (Wildman–Crippen LogP) is 2.03. The third kappa shape index (κ3) is 3.55. The highest BCUT2D eigenvalue weighted by Crippen LogP contribution is 2.20. The minimum Gasteiger partial charge on any atom is -0.497 e. The Morgan fingerprint density at radius 3 is 2.62 bits per heavy atom. The molecule has 0 spiro atoms. The summed E-state index contributed by atoms with van der Waals surface area (Å²) in [5, 5.41) is 3.43. The topological polar surface area (TPSA) is 48.2 Å². The standard InChI is InChI=1S/C16H23N3O2/c1-4-17-15(13-7-6-8-14(11-13)21-3)12-19-10-9-18(5-2)16(19)20/h6-11,15,17H,4-5,12H2,1-3H3. The zero-order chi connectivity index (χ0) is 15.2. The summed E-state index contributed by atoms with van der Waals surface area (Å²) in [5.74, 6) is 0.828. The van der Waals surface area contributed by atoms with Gasteiger partial charge in [0.1, 0.15) is 5.75 Å². The third-order valence-electron chi connectivity index (χ3n) is 3.58. The maximum atomic E-state index is 12.2. The number of likely N-dealkylation sites (N-methyl/N-ethyl adjacent to an activating group) is 1. The highest BCUT2D eigenvalue weighted by Gasteiger charge is 2.13. The van der Waals surface area contributed by atoms with Crippen molar-refractivity contribution < 1.29 is 4.74 Å². The Morgan fingerprint density at radius 2 is 2.00 bits per heavy atom. The number of rotatable bonds is 7. The second kappa shape index (κ2) is 7.13. The van der Waals surface area contributed by atoms with Crippen LogP contribution in [0.1, 0.15) is 25.5 Å². The van der Waals surface area contributed by atoms with Gasteiger partial charge in [0.05, 0.1) is 13.2 Å². The molecule has 114 valence electrons. The van der Waals surface area contributed by atoms with Crippen molar-refractivity contribution in [3.8, 4) is 5.75 Å². The second-order valence-electron chi connectivity index (χ2n) is 4.91. The van der Waals surface area contributed by atoms with Crippen LogP contribution < -0.4 is 15.7 Å². The van der Waals surface area contributed by atoms with Crippen LogP contribution in [0.4, 0.5) is 0 Å². The number of nitrogens with zero attached hydrogens (tertiary/aromatic N) is 2. The van der Waals surface area contributed by atoms with Crippen LogP contribution in [0.15, 0.2) is 41.5 Å². The molecule has 1 atom stereocenters. The lowest BCUT2D eigenvalue weighted by Gasteiger charge is -2.19. The molecule has 0 saturated heterocycles. The lowest BCUT2D eigenvalue weighted by Crippen LogP contribution is -2.31. The van der Waals surface area contributed by atoms with Crippen LogP contribution in [0.5, 0.6) is 5.75 Å². The van der Waals surface area contributed by atoms with E-state index in [0.29, 0.717) is 13.1 Å². The van der Waals surface area contributed by atoms with E-state index >= 15 is 0 Å². The molecule has 0 fully saturated rings. The van der Waals surface area contributed by atoms with Gasteiger partial charge in [-0.1, -0.05) is 19.1 Å². The number of hydrogen-bond acceptors (Lipinski definition) is 3. The summed E-state index contributed by atoms with van der Waals surface area (Å²) in [7, 11) is 1.66. The van der Waals surface area contributed by atoms with E-state index in [-0.39, 0.29) is 11.7 Å². The fourth-order valence-corrected chi connectivity index (χ4v) is 2.42. The monoisotopic (exact) mass is 289 g/mol. The Kier molecular flexibility index (Phi) is 5.22. The molecule has 1 N–H and O–H groups in total. The molecule has 1 aromatic carbocycles. The molecular weight excluding hydrogens is 266 g/mol. The van der Waals surface area contributed by atoms with Crippen LogP contribution in [0, 0.1) is 0 Å². The van der Waals surface area contributed by atoms with Crippen LogP contribution >= 0.6 is 0 Å². The maximum absolute atomic E-state index is 12.2. The van der Waals surface area contributed by atoms with Crippen molar-refractivity contribution in [1.82, 2.24) is 14.5 Å². The minimum absolute atomic E-state index is 0.0308. The smallest absolute Gasteiger partial charge is 0.328 e. The number of ether oxygens (including phenoxy) is 1. The molecule has 21 heavy (non-hydrogen) atoms. The van der Waals surface area contributed by atoms with Crippen LogP contribution in [0.2, 0.25) is 0 Å². The van der Waals surface area contributed by atoms with Crippen molar-refractivity contribution in [2.45, 2.75) is 33.0 Å². The van der Waals surface area contributed by atoms with E-state index in [1.165, 1.54) is 0 Å². The summed E-state index contributed by atoms with van der Waals surface area (Å²) >= 11 is 0. The molecule has 0 aliphatic carbocycles. The molecule has 1 unspecified atom stereocenters. The molecule has 0 saturated carbocycles. The number of benzene rings is 1. The summed E-state index contributed by atoms with van der Waals surface area (Å²) in [6, 6.07) is 8.04. The first kappa shape index (κ1) is 15.4. The van der Waals surface area contributed by atoms with Gasteiger partial charge < -0.3 is 10.1 Å². The molecule has 5 heteroatoms. The molecule has 2 rings (SSSR count). The van der Waals surface area contributed by atoms with Gasteiger partial charge in [0.15, 0.2) is 0 Å². The molecule has 0 bridgehead atoms. The summed E-state index contributed by atoms with van der Waals surface area (Å²) < 4.78 is 8.73. The molecule has 0 aliphatic heterocycles. The molecule has 0 aliphatic rings. The first-order valence-electron chi connectivity index (χ1n) is 7.32. The van der Waals surface area contributed by atoms with E-state index in [1.54, 1.807) is 16.2 Å². The van der Waals surface area contributed by atoms with Gasteiger partial charge in [0.25, 0.3) is 0 Å². The predicted molar refractivity (Wildman–Crippen MR) is 83.8 cm³/mol. The van der Waals surface area contributed by atoms with Gasteiger partial charge >= 0.3 is 5.69 Å². The molecule has 1 heterocycles. The normalized spacial score (nSPS) is 12.3. The second-order valence-corrected chi connectivity index (χ2v) is 4.91. The first-order chi connectivity index (χ1) is 10.2. The SMILES string of the molecule is CCNC(Cn1ccn(CC)c1=O)c1cccc(OC)c1. The first-order valence-corrected chi connectivity index (χ1v) is 7.32. The minimum atomic E-state index is 0.0308. The Balaban J connectivity index is 2.25. The Morgan fingerprint density at radius 1 is 1.24 bits per heavy atom. The van der Waals surface area contributed by atoms with Crippen molar-refractivity contribution >= 4 is 0 Å². The zero-order valence-corrected chi connectivity index (χ0v) is 12.9. The molecule has 5 nitrogen and oxygen atoms in total.